The number of guanidine groups is 1. The summed E-state index contributed by atoms with van der Waals surface area (Å²) in [5.74, 6) is 0.887. The van der Waals surface area contributed by atoms with Gasteiger partial charge in [0.1, 0.15) is 5.65 Å². The van der Waals surface area contributed by atoms with Crippen LogP contribution in [0.4, 0.5) is 0 Å². The number of pyridine rings is 1. The van der Waals surface area contributed by atoms with Crippen molar-refractivity contribution in [1.29, 1.82) is 0 Å². The van der Waals surface area contributed by atoms with Gasteiger partial charge in [-0.1, -0.05) is 6.07 Å². The number of aryl methyl sites for hydroxylation is 1. The summed E-state index contributed by atoms with van der Waals surface area (Å²) in [6.07, 6.45) is 8.45. The second-order valence-corrected chi connectivity index (χ2v) is 7.51. The zero-order valence-electron chi connectivity index (χ0n) is 17.4. The molecular formula is C21H34N6O. The second kappa shape index (κ2) is 10.4. The van der Waals surface area contributed by atoms with E-state index in [0.29, 0.717) is 6.04 Å². The Labute approximate surface area is 168 Å². The topological polar surface area (TPSA) is 66.2 Å². The number of piperidine rings is 1. The molecular weight excluding hydrogens is 352 g/mol. The van der Waals surface area contributed by atoms with Crippen molar-refractivity contribution >= 4 is 11.6 Å². The smallest absolute Gasteiger partial charge is 0.191 e. The Hall–Kier alpha value is -2.12. The van der Waals surface area contributed by atoms with E-state index < -0.39 is 0 Å². The molecule has 0 aromatic carbocycles. The molecule has 0 saturated carbocycles. The fourth-order valence-corrected chi connectivity index (χ4v) is 3.76. The Balaban J connectivity index is 1.39. The van der Waals surface area contributed by atoms with Crippen LogP contribution in [0.25, 0.3) is 5.65 Å². The van der Waals surface area contributed by atoms with Crippen LogP contribution in [0.15, 0.2) is 29.5 Å². The molecule has 3 heterocycles. The molecule has 1 aliphatic heterocycles. The quantitative estimate of drug-likeness (QED) is 0.412. The number of rotatable bonds is 8. The SMILES string of the molecule is CN=C(NCCc1cn2cccc(C)c2n1)NC1CCN(CCCOC)CC1. The van der Waals surface area contributed by atoms with E-state index in [9.17, 15) is 0 Å². The Bertz CT molecular complexity index is 763. The highest BCUT2D eigenvalue weighted by Crippen LogP contribution is 2.11. The van der Waals surface area contributed by atoms with Crippen LogP contribution in [0.1, 0.15) is 30.5 Å². The molecule has 2 aromatic heterocycles. The lowest BCUT2D eigenvalue weighted by Gasteiger charge is -2.33. The monoisotopic (exact) mass is 386 g/mol. The summed E-state index contributed by atoms with van der Waals surface area (Å²) in [6, 6.07) is 4.64. The van der Waals surface area contributed by atoms with E-state index in [1.165, 1.54) is 5.56 Å². The van der Waals surface area contributed by atoms with E-state index in [4.69, 9.17) is 9.72 Å². The van der Waals surface area contributed by atoms with Crippen molar-refractivity contribution in [1.82, 2.24) is 24.9 Å². The summed E-state index contributed by atoms with van der Waals surface area (Å²) in [5, 5.41) is 7.01. The van der Waals surface area contributed by atoms with Gasteiger partial charge in [-0.2, -0.15) is 0 Å². The maximum Gasteiger partial charge on any atom is 0.191 e. The molecule has 2 aromatic rings. The number of ether oxygens (including phenoxy) is 1. The van der Waals surface area contributed by atoms with E-state index in [2.05, 4.69) is 50.2 Å². The van der Waals surface area contributed by atoms with E-state index in [0.717, 1.165) is 75.8 Å². The molecule has 1 saturated heterocycles. The summed E-state index contributed by atoms with van der Waals surface area (Å²) in [5.41, 5.74) is 3.34. The highest BCUT2D eigenvalue weighted by Gasteiger charge is 2.19. The molecule has 28 heavy (non-hydrogen) atoms. The first-order valence-corrected chi connectivity index (χ1v) is 10.3. The van der Waals surface area contributed by atoms with Crippen LogP contribution < -0.4 is 10.6 Å². The van der Waals surface area contributed by atoms with Crippen LogP contribution >= 0.6 is 0 Å². The number of fused-ring (bicyclic) bond motifs is 1. The third kappa shape index (κ3) is 5.69. The lowest BCUT2D eigenvalue weighted by Crippen LogP contribution is -2.49. The molecule has 0 amide bonds. The maximum atomic E-state index is 5.14. The van der Waals surface area contributed by atoms with Gasteiger partial charge in [0.2, 0.25) is 0 Å². The Morgan fingerprint density at radius 3 is 2.89 bits per heavy atom. The number of nitrogens with one attached hydrogen (secondary N) is 2. The number of methoxy groups -OCH3 is 1. The Morgan fingerprint density at radius 2 is 2.18 bits per heavy atom. The number of imidazole rings is 1. The number of hydrogen-bond donors (Lipinski definition) is 2. The molecule has 0 spiro atoms. The van der Waals surface area contributed by atoms with Crippen molar-refractivity contribution < 1.29 is 4.74 Å². The molecule has 0 aliphatic carbocycles. The van der Waals surface area contributed by atoms with Crippen molar-refractivity contribution in [3.8, 4) is 0 Å². The van der Waals surface area contributed by atoms with Gasteiger partial charge in [0.25, 0.3) is 0 Å². The molecule has 1 aliphatic rings. The molecule has 3 rings (SSSR count). The van der Waals surface area contributed by atoms with Crippen molar-refractivity contribution in [2.75, 3.05) is 46.9 Å². The molecule has 7 nitrogen and oxygen atoms in total. The average molecular weight is 387 g/mol. The zero-order valence-corrected chi connectivity index (χ0v) is 17.4. The first-order chi connectivity index (χ1) is 13.7. The van der Waals surface area contributed by atoms with E-state index in [-0.39, 0.29) is 0 Å². The molecule has 154 valence electrons. The minimum Gasteiger partial charge on any atom is -0.385 e. The van der Waals surface area contributed by atoms with E-state index >= 15 is 0 Å². The lowest BCUT2D eigenvalue weighted by atomic mass is 10.1. The van der Waals surface area contributed by atoms with Crippen LogP contribution in [-0.2, 0) is 11.2 Å². The standard InChI is InChI=1S/C21H34N6O/c1-17-6-4-12-27-16-19(24-20(17)27)7-10-23-21(22-2)25-18-8-13-26(14-9-18)11-5-15-28-3/h4,6,12,16,18H,5,7-11,13-15H2,1-3H3,(H2,22,23,25). The van der Waals surface area contributed by atoms with Crippen LogP contribution in [0, 0.1) is 6.92 Å². The Kier molecular flexibility index (Phi) is 7.68. The van der Waals surface area contributed by atoms with Crippen molar-refractivity contribution in [2.45, 2.75) is 38.6 Å². The molecule has 0 radical (unpaired) electrons. The van der Waals surface area contributed by atoms with Gasteiger partial charge in [0, 0.05) is 71.8 Å². The average Bonchev–Trinajstić information content (AvgIpc) is 3.13. The van der Waals surface area contributed by atoms with Gasteiger partial charge in [-0.25, -0.2) is 4.98 Å². The largest absolute Gasteiger partial charge is 0.385 e. The van der Waals surface area contributed by atoms with Crippen LogP contribution in [0.3, 0.4) is 0 Å². The lowest BCUT2D eigenvalue weighted by molar-refractivity contribution is 0.155. The van der Waals surface area contributed by atoms with Gasteiger partial charge >= 0.3 is 0 Å². The fraction of sp³-hybridized carbons (Fsp3) is 0.619. The van der Waals surface area contributed by atoms with Gasteiger partial charge in [-0.3, -0.25) is 4.99 Å². The summed E-state index contributed by atoms with van der Waals surface area (Å²) >= 11 is 0. The first kappa shape index (κ1) is 20.6. The first-order valence-electron chi connectivity index (χ1n) is 10.3. The van der Waals surface area contributed by atoms with Gasteiger partial charge < -0.3 is 24.7 Å². The summed E-state index contributed by atoms with van der Waals surface area (Å²) < 4.78 is 7.24. The van der Waals surface area contributed by atoms with Crippen molar-refractivity contribution in [3.63, 3.8) is 0 Å². The third-order valence-corrected chi connectivity index (χ3v) is 5.38. The molecule has 7 heteroatoms. The maximum absolute atomic E-state index is 5.14. The minimum absolute atomic E-state index is 0.489. The Morgan fingerprint density at radius 1 is 1.36 bits per heavy atom. The van der Waals surface area contributed by atoms with Crippen molar-refractivity contribution in [3.05, 3.63) is 35.8 Å². The van der Waals surface area contributed by atoms with Gasteiger partial charge in [0.15, 0.2) is 5.96 Å². The number of aliphatic imine (C=N–C) groups is 1. The molecule has 1 fully saturated rings. The zero-order chi connectivity index (χ0) is 19.8. The highest BCUT2D eigenvalue weighted by molar-refractivity contribution is 5.79. The predicted molar refractivity (Wildman–Crippen MR) is 114 cm³/mol. The van der Waals surface area contributed by atoms with E-state index in [1.54, 1.807) is 7.11 Å². The number of aromatic nitrogens is 2. The summed E-state index contributed by atoms with van der Waals surface area (Å²) in [4.78, 5) is 11.7. The van der Waals surface area contributed by atoms with Gasteiger partial charge in [-0.15, -0.1) is 0 Å². The second-order valence-electron chi connectivity index (χ2n) is 7.51. The molecule has 0 bridgehead atoms. The van der Waals surface area contributed by atoms with Crippen LogP contribution in [0.2, 0.25) is 0 Å². The fourth-order valence-electron chi connectivity index (χ4n) is 3.76. The summed E-state index contributed by atoms with van der Waals surface area (Å²) in [7, 11) is 3.61. The number of hydrogen-bond acceptors (Lipinski definition) is 4. The third-order valence-electron chi connectivity index (χ3n) is 5.38. The number of likely N-dealkylation sites (tertiary alicyclic amines) is 1. The molecule has 0 atom stereocenters. The van der Waals surface area contributed by atoms with Crippen LogP contribution in [-0.4, -0.2) is 73.2 Å². The van der Waals surface area contributed by atoms with Crippen molar-refractivity contribution in [2.24, 2.45) is 4.99 Å². The van der Waals surface area contributed by atoms with Gasteiger partial charge in [0.05, 0.1) is 5.69 Å². The van der Waals surface area contributed by atoms with Crippen LogP contribution in [0.5, 0.6) is 0 Å². The number of nitrogens with zero attached hydrogens (tertiary/aromatic N) is 4. The highest BCUT2D eigenvalue weighted by atomic mass is 16.5. The predicted octanol–water partition coefficient (Wildman–Crippen LogP) is 1.85. The molecule has 2 N–H and O–H groups in total. The van der Waals surface area contributed by atoms with E-state index in [1.807, 2.05) is 13.2 Å². The minimum atomic E-state index is 0.489. The molecule has 0 unspecified atom stereocenters. The normalized spacial score (nSPS) is 16.6. The van der Waals surface area contributed by atoms with Gasteiger partial charge in [-0.05, 0) is 37.8 Å². The summed E-state index contributed by atoms with van der Waals surface area (Å²) in [6.45, 7) is 7.17.